The number of aromatic nitrogens is 3. The van der Waals surface area contributed by atoms with Crippen molar-refractivity contribution in [2.75, 3.05) is 6.54 Å². The lowest BCUT2D eigenvalue weighted by atomic mass is 10.2. The highest BCUT2D eigenvalue weighted by atomic mass is 32.1. The number of hydrogen-bond donors (Lipinski definition) is 1. The summed E-state index contributed by atoms with van der Waals surface area (Å²) >= 11 is 1.32. The first kappa shape index (κ1) is 15.6. The lowest BCUT2D eigenvalue weighted by molar-refractivity contribution is -0.139. The Hall–Kier alpha value is -1.80. The topological polar surface area (TPSA) is 87.8 Å². The second-order valence-electron chi connectivity index (χ2n) is 4.98. The van der Waals surface area contributed by atoms with Crippen molar-refractivity contribution in [2.45, 2.75) is 39.8 Å². The zero-order valence-corrected chi connectivity index (χ0v) is 13.1. The quantitative estimate of drug-likeness (QED) is 0.861. The number of aryl methyl sites for hydroxylation is 1. The van der Waals surface area contributed by atoms with Crippen molar-refractivity contribution in [3.05, 3.63) is 27.1 Å². The van der Waals surface area contributed by atoms with Gasteiger partial charge >= 0.3 is 5.97 Å². The average Bonchev–Trinajstić information content (AvgIpc) is 2.79. The van der Waals surface area contributed by atoms with Crippen molar-refractivity contribution in [1.29, 1.82) is 0 Å². The number of fused-ring (bicyclic) bond motifs is 1. The minimum atomic E-state index is -0.873. The highest BCUT2D eigenvalue weighted by Crippen LogP contribution is 2.16. The van der Waals surface area contributed by atoms with Crippen LogP contribution in [0.15, 0.2) is 10.9 Å². The summed E-state index contributed by atoms with van der Waals surface area (Å²) in [6.07, 6.45) is 0.843. The summed E-state index contributed by atoms with van der Waals surface area (Å²) in [6.45, 7) is 6.09. The number of aliphatic carboxylic acids is 1. The van der Waals surface area contributed by atoms with Crippen LogP contribution >= 0.6 is 11.3 Å². The molecule has 8 heteroatoms. The van der Waals surface area contributed by atoms with Gasteiger partial charge in [0.25, 0.3) is 5.56 Å². The van der Waals surface area contributed by atoms with E-state index in [1.807, 2.05) is 18.7 Å². The predicted molar refractivity (Wildman–Crippen MR) is 79.7 cm³/mol. The molecule has 0 aromatic carbocycles. The fourth-order valence-corrected chi connectivity index (χ4v) is 2.97. The molecule has 2 rings (SSSR count). The first-order chi connectivity index (χ1) is 9.90. The summed E-state index contributed by atoms with van der Waals surface area (Å²) in [7, 11) is 0. The van der Waals surface area contributed by atoms with Gasteiger partial charge in [0, 0.05) is 17.8 Å². The van der Waals surface area contributed by atoms with Crippen LogP contribution in [0.5, 0.6) is 0 Å². The van der Waals surface area contributed by atoms with Crippen LogP contribution < -0.4 is 5.56 Å². The van der Waals surface area contributed by atoms with Crippen molar-refractivity contribution in [3.63, 3.8) is 0 Å². The molecular weight excluding hydrogens is 292 g/mol. The second kappa shape index (κ2) is 6.31. The first-order valence-corrected chi connectivity index (χ1v) is 7.54. The Morgan fingerprint density at radius 1 is 1.57 bits per heavy atom. The summed E-state index contributed by atoms with van der Waals surface area (Å²) in [5, 5.41) is 13.9. The van der Waals surface area contributed by atoms with E-state index < -0.39 is 5.97 Å². The van der Waals surface area contributed by atoms with Crippen molar-refractivity contribution < 1.29 is 9.90 Å². The Kier molecular flexibility index (Phi) is 4.69. The fourth-order valence-electron chi connectivity index (χ4n) is 2.00. The van der Waals surface area contributed by atoms with E-state index in [1.54, 1.807) is 6.92 Å². The Morgan fingerprint density at radius 2 is 2.29 bits per heavy atom. The summed E-state index contributed by atoms with van der Waals surface area (Å²) < 4.78 is 1.27. The molecule has 1 unspecified atom stereocenters. The molecule has 0 aliphatic rings. The van der Waals surface area contributed by atoms with E-state index in [9.17, 15) is 9.59 Å². The van der Waals surface area contributed by atoms with Gasteiger partial charge < -0.3 is 5.11 Å². The van der Waals surface area contributed by atoms with Crippen LogP contribution in [0.25, 0.3) is 4.96 Å². The number of hydrogen-bond acceptors (Lipinski definition) is 6. The molecule has 2 aromatic heterocycles. The Balaban J connectivity index is 2.30. The number of nitrogens with zero attached hydrogens (tertiary/aromatic N) is 4. The SMILES string of the molecule is CCC(C)N(CC(=O)O)Cc1nn2c(=O)cc(C)nc2s1. The van der Waals surface area contributed by atoms with Crippen LogP contribution in [-0.4, -0.2) is 43.2 Å². The minimum Gasteiger partial charge on any atom is -0.480 e. The van der Waals surface area contributed by atoms with E-state index in [2.05, 4.69) is 10.1 Å². The van der Waals surface area contributed by atoms with Gasteiger partial charge in [-0.1, -0.05) is 18.3 Å². The van der Waals surface area contributed by atoms with Crippen molar-refractivity contribution >= 4 is 22.3 Å². The maximum atomic E-state index is 11.8. The highest BCUT2D eigenvalue weighted by molar-refractivity contribution is 7.16. The number of rotatable bonds is 6. The molecule has 7 nitrogen and oxygen atoms in total. The van der Waals surface area contributed by atoms with Gasteiger partial charge in [0.15, 0.2) is 0 Å². The number of carbonyl (C=O) groups is 1. The van der Waals surface area contributed by atoms with E-state index in [4.69, 9.17) is 5.11 Å². The molecule has 0 spiro atoms. The molecule has 0 aliphatic heterocycles. The minimum absolute atomic E-state index is 0.0493. The van der Waals surface area contributed by atoms with Gasteiger partial charge in [-0.2, -0.15) is 9.61 Å². The Labute approximate surface area is 125 Å². The molecule has 0 aliphatic carbocycles. The molecule has 0 fully saturated rings. The maximum absolute atomic E-state index is 11.8. The highest BCUT2D eigenvalue weighted by Gasteiger charge is 2.18. The zero-order chi connectivity index (χ0) is 15.6. The van der Waals surface area contributed by atoms with Gasteiger partial charge in [-0.05, 0) is 20.3 Å². The maximum Gasteiger partial charge on any atom is 0.317 e. The molecule has 2 heterocycles. The van der Waals surface area contributed by atoms with Gasteiger partial charge in [-0.25, -0.2) is 4.98 Å². The molecule has 1 N–H and O–H groups in total. The van der Waals surface area contributed by atoms with Crippen molar-refractivity contribution in [1.82, 2.24) is 19.5 Å². The van der Waals surface area contributed by atoms with Crippen molar-refractivity contribution in [3.8, 4) is 0 Å². The van der Waals surface area contributed by atoms with E-state index in [1.165, 1.54) is 21.9 Å². The molecule has 114 valence electrons. The number of carboxylic acids is 1. The predicted octanol–water partition coefficient (Wildman–Crippen LogP) is 1.14. The normalized spacial score (nSPS) is 13.0. The van der Waals surface area contributed by atoms with Gasteiger partial charge in [0.2, 0.25) is 4.96 Å². The molecular formula is C13H18N4O3S. The van der Waals surface area contributed by atoms with Crippen molar-refractivity contribution in [2.24, 2.45) is 0 Å². The van der Waals surface area contributed by atoms with E-state index >= 15 is 0 Å². The standard InChI is InChI=1S/C13H18N4O3S/c1-4-9(3)16(7-12(19)20)6-10-15-17-11(18)5-8(2)14-13(17)21-10/h5,9H,4,6-7H2,1-3H3,(H,19,20). The summed E-state index contributed by atoms with van der Waals surface area (Å²) in [6, 6.07) is 1.56. The van der Waals surface area contributed by atoms with E-state index in [0.717, 1.165) is 6.42 Å². The van der Waals surface area contributed by atoms with Gasteiger partial charge in [-0.3, -0.25) is 14.5 Å². The first-order valence-electron chi connectivity index (χ1n) is 6.73. The molecule has 21 heavy (non-hydrogen) atoms. The smallest absolute Gasteiger partial charge is 0.317 e. The molecule has 1 atom stereocenters. The average molecular weight is 310 g/mol. The molecule has 0 radical (unpaired) electrons. The molecule has 0 amide bonds. The second-order valence-corrected chi connectivity index (χ2v) is 6.02. The Bertz CT molecular complexity index is 709. The molecule has 0 saturated heterocycles. The third kappa shape index (κ3) is 3.64. The van der Waals surface area contributed by atoms with Crippen LogP contribution in [0.2, 0.25) is 0 Å². The largest absolute Gasteiger partial charge is 0.480 e. The van der Waals surface area contributed by atoms with Gasteiger partial charge in [0.05, 0.1) is 13.1 Å². The molecule has 0 bridgehead atoms. The summed E-state index contributed by atoms with van der Waals surface area (Å²) in [5.41, 5.74) is 0.438. The van der Waals surface area contributed by atoms with E-state index in [-0.39, 0.29) is 18.1 Å². The third-order valence-corrected chi connectivity index (χ3v) is 4.20. The van der Waals surface area contributed by atoms with Crippen LogP contribution in [0.4, 0.5) is 0 Å². The van der Waals surface area contributed by atoms with Gasteiger partial charge in [-0.15, -0.1) is 0 Å². The molecule has 2 aromatic rings. The third-order valence-electron chi connectivity index (χ3n) is 3.31. The lowest BCUT2D eigenvalue weighted by Gasteiger charge is -2.25. The Morgan fingerprint density at radius 3 is 2.90 bits per heavy atom. The monoisotopic (exact) mass is 310 g/mol. The summed E-state index contributed by atoms with van der Waals surface area (Å²) in [5.74, 6) is -0.873. The zero-order valence-electron chi connectivity index (χ0n) is 12.2. The van der Waals surface area contributed by atoms with Crippen LogP contribution in [-0.2, 0) is 11.3 Å². The van der Waals surface area contributed by atoms with Crippen LogP contribution in [0.1, 0.15) is 31.0 Å². The summed E-state index contributed by atoms with van der Waals surface area (Å²) in [4.78, 5) is 29.4. The van der Waals surface area contributed by atoms with Gasteiger partial charge in [0.1, 0.15) is 5.01 Å². The van der Waals surface area contributed by atoms with E-state index in [0.29, 0.717) is 22.2 Å². The lowest BCUT2D eigenvalue weighted by Crippen LogP contribution is -2.36. The molecule has 0 saturated carbocycles. The fraction of sp³-hybridized carbons (Fsp3) is 0.538. The number of carboxylic acid groups (broad SMARTS) is 1. The van der Waals surface area contributed by atoms with Crippen LogP contribution in [0.3, 0.4) is 0 Å². The van der Waals surface area contributed by atoms with Crippen LogP contribution in [0, 0.1) is 6.92 Å².